The molecule has 1 aliphatic rings. The van der Waals surface area contributed by atoms with Crippen LogP contribution in [-0.2, 0) is 9.22 Å². The van der Waals surface area contributed by atoms with E-state index in [1.165, 1.54) is 13.0 Å². The lowest BCUT2D eigenvalue weighted by atomic mass is 10.4. The maximum absolute atomic E-state index is 9.57. The molecule has 1 rings (SSSR count). The summed E-state index contributed by atoms with van der Waals surface area (Å²) in [5, 5.41) is 7.87. The van der Waals surface area contributed by atoms with Crippen LogP contribution in [0.25, 0.3) is 0 Å². The summed E-state index contributed by atoms with van der Waals surface area (Å²) < 4.78 is 5.30. The van der Waals surface area contributed by atoms with E-state index in [0.717, 1.165) is 6.61 Å². The molecule has 4 nitrogen and oxygen atoms in total. The van der Waals surface area contributed by atoms with Crippen LogP contribution >= 0.6 is 0 Å². The zero-order chi connectivity index (χ0) is 9.40. The summed E-state index contributed by atoms with van der Waals surface area (Å²) in [6, 6.07) is 0.782. The van der Waals surface area contributed by atoms with Crippen LogP contribution in [0.1, 0.15) is 6.92 Å². The molecule has 0 spiro atoms. The van der Waals surface area contributed by atoms with Gasteiger partial charge in [0.15, 0.2) is 0 Å². The van der Waals surface area contributed by atoms with Crippen molar-refractivity contribution in [1.29, 1.82) is 0 Å². The van der Waals surface area contributed by atoms with Gasteiger partial charge < -0.3 is 15.3 Å². The topological polar surface area (TPSA) is 72.5 Å². The van der Waals surface area contributed by atoms with E-state index in [4.69, 9.17) is 15.3 Å². The Morgan fingerprint density at radius 3 is 2.42 bits per heavy atom. The number of rotatable bonds is 1. The Morgan fingerprint density at radius 1 is 1.75 bits per heavy atom. The van der Waals surface area contributed by atoms with Gasteiger partial charge in [0, 0.05) is 24.2 Å². The third-order valence-electron chi connectivity index (χ3n) is 1.47. The Hall–Kier alpha value is 0.0406. The van der Waals surface area contributed by atoms with Crippen molar-refractivity contribution in [1.82, 2.24) is 0 Å². The highest BCUT2D eigenvalue weighted by Gasteiger charge is 1.99. The smallest absolute Gasteiger partial charge is 0.320 e. The van der Waals surface area contributed by atoms with E-state index in [1.54, 1.807) is 0 Å². The van der Waals surface area contributed by atoms with Crippen molar-refractivity contribution in [2.24, 2.45) is 5.73 Å². The first-order chi connectivity index (χ1) is 5.64. The summed E-state index contributed by atoms with van der Waals surface area (Å²) in [7, 11) is 1.36. The molecule has 0 radical (unpaired) electrons. The third kappa shape index (κ3) is 8.14. The standard InChI is InChI=1S/C3H7NO2.C2H10OSi3/c1-2(4)3(5)6;1-2-4-6-5-3-1/h2H,4H2,1H3,(H,5,6);1-2,4-6H2. The van der Waals surface area contributed by atoms with Crippen LogP contribution in [0.2, 0.25) is 6.04 Å². The van der Waals surface area contributed by atoms with Crippen molar-refractivity contribution in [3.8, 4) is 0 Å². The van der Waals surface area contributed by atoms with Crippen molar-refractivity contribution in [3.05, 3.63) is 0 Å². The lowest BCUT2D eigenvalue weighted by molar-refractivity contribution is -0.138. The molecule has 0 aromatic rings. The van der Waals surface area contributed by atoms with E-state index < -0.39 is 12.0 Å². The van der Waals surface area contributed by atoms with E-state index in [1.807, 2.05) is 0 Å². The average molecular weight is 223 g/mol. The van der Waals surface area contributed by atoms with E-state index in [2.05, 4.69) is 0 Å². The molecule has 1 atom stereocenters. The molecule has 1 aliphatic heterocycles. The zero-order valence-electron chi connectivity index (χ0n) is 7.45. The molecule has 1 fully saturated rings. The summed E-state index contributed by atoms with van der Waals surface area (Å²) in [5.74, 6) is -0.963. The summed E-state index contributed by atoms with van der Waals surface area (Å²) in [6.07, 6.45) is 0. The molecular formula is C5H17NO3Si3. The Morgan fingerprint density at radius 2 is 2.33 bits per heavy atom. The largest absolute Gasteiger partial charge is 0.480 e. The Labute approximate surface area is 79.0 Å². The predicted molar refractivity (Wildman–Crippen MR) is 57.7 cm³/mol. The first-order valence-electron chi connectivity index (χ1n) is 4.20. The van der Waals surface area contributed by atoms with Gasteiger partial charge in [-0.25, -0.2) is 0 Å². The summed E-state index contributed by atoms with van der Waals surface area (Å²) in [4.78, 5) is 9.57. The van der Waals surface area contributed by atoms with E-state index in [-0.39, 0.29) is 9.28 Å². The van der Waals surface area contributed by atoms with Gasteiger partial charge in [-0.05, 0) is 13.0 Å². The highest BCUT2D eigenvalue weighted by atomic mass is 29.5. The second kappa shape index (κ2) is 7.68. The number of carboxylic acids is 1. The minimum absolute atomic E-state index is 0.209. The highest BCUT2D eigenvalue weighted by Crippen LogP contribution is 1.84. The minimum atomic E-state index is -0.963. The molecule has 1 saturated heterocycles. The third-order valence-corrected chi connectivity index (χ3v) is 15.5. The van der Waals surface area contributed by atoms with Crippen LogP contribution in [0.3, 0.4) is 0 Å². The molecule has 12 heavy (non-hydrogen) atoms. The first-order valence-corrected chi connectivity index (χ1v) is 13.8. The van der Waals surface area contributed by atoms with Crippen LogP contribution < -0.4 is 5.73 Å². The monoisotopic (exact) mass is 223 g/mol. The number of carboxylic acid groups (broad SMARTS) is 1. The van der Waals surface area contributed by atoms with Gasteiger partial charge in [-0.15, -0.1) is 0 Å². The molecular weight excluding hydrogens is 206 g/mol. The molecule has 1 unspecified atom stereocenters. The second-order valence-electron chi connectivity index (χ2n) is 2.80. The minimum Gasteiger partial charge on any atom is -0.480 e. The van der Waals surface area contributed by atoms with Crippen molar-refractivity contribution < 1.29 is 14.3 Å². The Balaban J connectivity index is 0.000000202. The second-order valence-corrected chi connectivity index (χ2v) is 17.6. The molecule has 0 aliphatic carbocycles. The summed E-state index contributed by atoms with van der Waals surface area (Å²) >= 11 is 0. The fourth-order valence-corrected chi connectivity index (χ4v) is 13.0. The van der Waals surface area contributed by atoms with Crippen molar-refractivity contribution in [2.75, 3.05) is 6.61 Å². The first kappa shape index (κ1) is 12.0. The fraction of sp³-hybridized carbons (Fsp3) is 0.800. The van der Waals surface area contributed by atoms with Crippen molar-refractivity contribution in [2.45, 2.75) is 19.0 Å². The number of carbonyl (C=O) groups is 1. The van der Waals surface area contributed by atoms with Crippen LogP contribution in [0.5, 0.6) is 0 Å². The van der Waals surface area contributed by atoms with Crippen molar-refractivity contribution >= 4 is 32.8 Å². The quantitative estimate of drug-likeness (QED) is 0.468. The van der Waals surface area contributed by atoms with Gasteiger partial charge >= 0.3 is 5.97 Å². The highest BCUT2D eigenvalue weighted by molar-refractivity contribution is 7.28. The lowest BCUT2D eigenvalue weighted by Gasteiger charge is -2.06. The molecule has 0 saturated carbocycles. The normalized spacial score (nSPS) is 24.8. The predicted octanol–water partition coefficient (Wildman–Crippen LogP) is -2.90. The molecule has 1 heterocycles. The number of hydrogen-bond acceptors (Lipinski definition) is 3. The van der Waals surface area contributed by atoms with Crippen molar-refractivity contribution in [3.63, 3.8) is 0 Å². The molecule has 0 amide bonds. The van der Waals surface area contributed by atoms with Gasteiger partial charge in [0.05, 0.1) is 0 Å². The van der Waals surface area contributed by atoms with Gasteiger partial charge in [0.1, 0.15) is 15.3 Å². The van der Waals surface area contributed by atoms with Gasteiger partial charge in [-0.3, -0.25) is 4.79 Å². The number of hydrogen-bond donors (Lipinski definition) is 2. The van der Waals surface area contributed by atoms with Crippen LogP contribution in [0.15, 0.2) is 0 Å². The SMILES string of the molecule is C1C[SiH2][SiH2][SiH2]O1.CC(N)C(=O)O. The number of nitrogens with two attached hydrogens (primary N) is 1. The maximum atomic E-state index is 9.57. The van der Waals surface area contributed by atoms with Gasteiger partial charge in [0.2, 0.25) is 0 Å². The molecule has 0 bridgehead atoms. The maximum Gasteiger partial charge on any atom is 0.320 e. The molecule has 3 N–H and O–H groups in total. The molecule has 7 heteroatoms. The number of aliphatic carboxylic acids is 1. The van der Waals surface area contributed by atoms with Crippen LogP contribution in [0, 0.1) is 0 Å². The van der Waals surface area contributed by atoms with Gasteiger partial charge in [-0.1, -0.05) is 0 Å². The molecule has 0 aromatic heterocycles. The zero-order valence-corrected chi connectivity index (χ0v) is 11.7. The summed E-state index contributed by atoms with van der Waals surface area (Å²) in [6.45, 7) is 2.58. The fourth-order valence-electron chi connectivity index (χ4n) is 0.687. The van der Waals surface area contributed by atoms with Crippen LogP contribution in [0.4, 0.5) is 0 Å². The average Bonchev–Trinajstić information content (AvgIpc) is 2.08. The molecule has 0 aromatic carbocycles. The van der Waals surface area contributed by atoms with Gasteiger partial charge in [-0.2, -0.15) is 0 Å². The molecule has 72 valence electrons. The van der Waals surface area contributed by atoms with E-state index in [9.17, 15) is 4.79 Å². The summed E-state index contributed by atoms with van der Waals surface area (Å²) in [5.41, 5.74) is 4.84. The van der Waals surface area contributed by atoms with E-state index in [0.29, 0.717) is 17.6 Å². The Kier molecular flexibility index (Phi) is 7.70. The van der Waals surface area contributed by atoms with E-state index >= 15 is 0 Å². The Bertz CT molecular complexity index is 118. The lowest BCUT2D eigenvalue weighted by Crippen LogP contribution is -2.25. The van der Waals surface area contributed by atoms with Gasteiger partial charge in [0.25, 0.3) is 0 Å². The van der Waals surface area contributed by atoms with Crippen LogP contribution in [-0.4, -0.2) is 50.6 Å².